The summed E-state index contributed by atoms with van der Waals surface area (Å²) in [7, 11) is 3.02. The van der Waals surface area contributed by atoms with Crippen molar-refractivity contribution in [1.29, 1.82) is 0 Å². The first-order valence-electron chi connectivity index (χ1n) is 12.0. The number of methoxy groups -OCH3 is 2. The number of nitrogen functional groups attached to an aromatic ring is 1. The topological polar surface area (TPSA) is 174 Å². The fourth-order valence-corrected chi connectivity index (χ4v) is 3.42. The van der Waals surface area contributed by atoms with E-state index in [1.807, 2.05) is 27.7 Å². The third kappa shape index (κ3) is 8.28. The van der Waals surface area contributed by atoms with E-state index >= 15 is 0 Å². The molecule has 0 spiro atoms. The molecular weight excluding hydrogens is 500 g/mol. The van der Waals surface area contributed by atoms with E-state index in [1.54, 1.807) is 19.2 Å². The van der Waals surface area contributed by atoms with Crippen LogP contribution in [0.4, 0.5) is 23.0 Å². The van der Waals surface area contributed by atoms with Crippen molar-refractivity contribution in [3.63, 3.8) is 0 Å². The molecule has 2 aliphatic rings. The quantitative estimate of drug-likeness (QED) is 0.348. The first-order chi connectivity index (χ1) is 17.9. The monoisotopic (exact) mass is 536 g/mol. The second-order valence-corrected chi connectivity index (χ2v) is 9.50. The molecule has 38 heavy (non-hydrogen) atoms. The molecular formula is C24H36N6O8. The molecule has 0 atom stereocenters. The first-order valence-corrected chi connectivity index (χ1v) is 12.0. The number of rotatable bonds is 7. The van der Waals surface area contributed by atoms with Crippen molar-refractivity contribution in [3.05, 3.63) is 34.4 Å². The number of anilines is 3. The average Bonchev–Trinajstić information content (AvgIpc) is 2.88. The maximum absolute atomic E-state index is 11.0. The summed E-state index contributed by atoms with van der Waals surface area (Å²) in [6.45, 7) is 9.26. The molecule has 0 amide bonds. The number of pyridine rings is 2. The van der Waals surface area contributed by atoms with Crippen molar-refractivity contribution < 1.29 is 33.3 Å². The van der Waals surface area contributed by atoms with Crippen molar-refractivity contribution in [3.8, 4) is 11.8 Å². The van der Waals surface area contributed by atoms with Crippen LogP contribution in [0.3, 0.4) is 0 Å². The molecule has 4 N–H and O–H groups in total. The highest BCUT2D eigenvalue weighted by Crippen LogP contribution is 2.27. The van der Waals surface area contributed by atoms with Crippen LogP contribution in [-0.2, 0) is 18.9 Å². The lowest BCUT2D eigenvalue weighted by Crippen LogP contribution is -2.45. The molecule has 2 aromatic heterocycles. The van der Waals surface area contributed by atoms with E-state index in [-0.39, 0.29) is 23.6 Å². The second kappa shape index (κ2) is 12.4. The predicted octanol–water partition coefficient (Wildman–Crippen LogP) is 2.80. The molecule has 2 aromatic rings. The highest BCUT2D eigenvalue weighted by Gasteiger charge is 2.30. The molecule has 2 fully saturated rings. The summed E-state index contributed by atoms with van der Waals surface area (Å²) in [6.07, 6.45) is 0. The summed E-state index contributed by atoms with van der Waals surface area (Å²) in [4.78, 5) is 18.8. The molecule has 0 aliphatic carbocycles. The van der Waals surface area contributed by atoms with Crippen molar-refractivity contribution in [1.82, 2.24) is 9.97 Å². The van der Waals surface area contributed by atoms with Gasteiger partial charge >= 0.3 is 5.69 Å². The number of ether oxygens (including phenoxy) is 6. The summed E-state index contributed by atoms with van der Waals surface area (Å²) in [5.41, 5.74) is 6.31. The van der Waals surface area contributed by atoms with Crippen molar-refractivity contribution in [2.24, 2.45) is 0 Å². The van der Waals surface area contributed by atoms with Gasteiger partial charge in [-0.05, 0) is 33.8 Å². The van der Waals surface area contributed by atoms with Crippen LogP contribution >= 0.6 is 0 Å². The Labute approximate surface area is 221 Å². The van der Waals surface area contributed by atoms with Gasteiger partial charge in [-0.15, -0.1) is 0 Å². The van der Waals surface area contributed by atoms with Crippen LogP contribution in [-0.4, -0.2) is 79.2 Å². The Kier molecular flexibility index (Phi) is 9.49. The minimum atomic E-state index is -0.633. The maximum atomic E-state index is 11.0. The van der Waals surface area contributed by atoms with Gasteiger partial charge in [-0.2, -0.15) is 9.97 Å². The van der Waals surface area contributed by atoms with Gasteiger partial charge < -0.3 is 44.8 Å². The molecule has 0 aromatic carbocycles. The van der Waals surface area contributed by atoms with Crippen molar-refractivity contribution in [2.45, 2.75) is 51.4 Å². The Hall–Kier alpha value is -3.46. The molecule has 210 valence electrons. The lowest BCUT2D eigenvalue weighted by molar-refractivity contribution is -0.384. The molecule has 14 heteroatoms. The Morgan fingerprint density at radius 2 is 1.26 bits per heavy atom. The van der Waals surface area contributed by atoms with Gasteiger partial charge in [0.25, 0.3) is 0 Å². The smallest absolute Gasteiger partial charge is 0.311 e. The third-order valence-electron chi connectivity index (χ3n) is 5.57. The highest BCUT2D eigenvalue weighted by molar-refractivity contribution is 5.62. The zero-order chi connectivity index (χ0) is 27.9. The maximum Gasteiger partial charge on any atom is 0.311 e. The van der Waals surface area contributed by atoms with Crippen LogP contribution in [0.1, 0.15) is 27.7 Å². The summed E-state index contributed by atoms with van der Waals surface area (Å²) in [5.74, 6) is 0.399. The Bertz CT molecular complexity index is 1080. The highest BCUT2D eigenvalue weighted by atomic mass is 16.7. The Morgan fingerprint density at radius 1 is 0.842 bits per heavy atom. The van der Waals surface area contributed by atoms with E-state index in [9.17, 15) is 10.1 Å². The molecule has 2 aliphatic heterocycles. The fraction of sp³-hybridized carbons (Fsp3) is 0.583. The van der Waals surface area contributed by atoms with E-state index in [1.165, 1.54) is 19.2 Å². The van der Waals surface area contributed by atoms with Gasteiger partial charge in [0.1, 0.15) is 0 Å². The molecule has 14 nitrogen and oxygen atoms in total. The summed E-state index contributed by atoms with van der Waals surface area (Å²) >= 11 is 0. The SMILES string of the molecule is COc1ccc(N)c(NC2COC(C)(C)OC2)n1.COc1ccc([N+](=O)[O-])c(NC2COC(C)(C)OC2)n1. The van der Waals surface area contributed by atoms with Gasteiger partial charge in [0.05, 0.1) is 63.3 Å². The van der Waals surface area contributed by atoms with Crippen LogP contribution in [0.15, 0.2) is 24.3 Å². The standard InChI is InChI=1S/C12H17N3O5.C12H19N3O3/c1-12(2)19-6-8(7-20-12)13-11-9(15(16)17)4-5-10(14-11)18-3;1-12(2)17-6-8(7-18-12)14-11-9(13)4-5-10(15-11)16-3/h4-5,8H,6-7H2,1-3H3,(H,13,14);4-5,8H,6-7,13H2,1-3H3,(H,14,15). The van der Waals surface area contributed by atoms with Gasteiger partial charge in [-0.3, -0.25) is 10.1 Å². The first kappa shape index (κ1) is 29.1. The van der Waals surface area contributed by atoms with Crippen LogP contribution < -0.4 is 25.8 Å². The van der Waals surface area contributed by atoms with Crippen LogP contribution in [0.5, 0.6) is 11.8 Å². The molecule has 0 unspecified atom stereocenters. The number of nitrogens with zero attached hydrogens (tertiary/aromatic N) is 3. The van der Waals surface area contributed by atoms with E-state index in [0.717, 1.165) is 0 Å². The summed E-state index contributed by atoms with van der Waals surface area (Å²) < 4.78 is 32.1. The van der Waals surface area contributed by atoms with E-state index in [4.69, 9.17) is 34.2 Å². The van der Waals surface area contributed by atoms with Gasteiger partial charge in [-0.1, -0.05) is 0 Å². The lowest BCUT2D eigenvalue weighted by atomic mass is 10.2. The van der Waals surface area contributed by atoms with Gasteiger partial charge in [-0.25, -0.2) is 0 Å². The number of hydrogen-bond donors (Lipinski definition) is 3. The third-order valence-corrected chi connectivity index (χ3v) is 5.57. The normalized spacial score (nSPS) is 19.0. The number of aromatic nitrogens is 2. The average molecular weight is 537 g/mol. The molecule has 0 saturated carbocycles. The summed E-state index contributed by atoms with van der Waals surface area (Å²) in [6, 6.07) is 6.09. The minimum absolute atomic E-state index is 0.0277. The van der Waals surface area contributed by atoms with E-state index in [0.29, 0.717) is 49.7 Å². The zero-order valence-electron chi connectivity index (χ0n) is 22.5. The number of nitrogens with two attached hydrogens (primary N) is 1. The molecule has 4 rings (SSSR count). The van der Waals surface area contributed by atoms with E-state index in [2.05, 4.69) is 20.6 Å². The van der Waals surface area contributed by atoms with Crippen LogP contribution in [0.25, 0.3) is 0 Å². The Balaban J connectivity index is 0.000000212. The second-order valence-electron chi connectivity index (χ2n) is 9.50. The molecule has 0 bridgehead atoms. The van der Waals surface area contributed by atoms with Gasteiger partial charge in [0, 0.05) is 18.2 Å². The van der Waals surface area contributed by atoms with Gasteiger partial charge in [0.15, 0.2) is 17.4 Å². The molecule has 4 heterocycles. The van der Waals surface area contributed by atoms with Crippen molar-refractivity contribution >= 4 is 23.0 Å². The largest absolute Gasteiger partial charge is 0.481 e. The van der Waals surface area contributed by atoms with E-state index < -0.39 is 16.5 Å². The lowest BCUT2D eigenvalue weighted by Gasteiger charge is -2.35. The van der Waals surface area contributed by atoms with Gasteiger partial charge in [0.2, 0.25) is 17.6 Å². The number of nitro groups is 1. The number of nitrogens with one attached hydrogen (secondary N) is 2. The molecule has 2 saturated heterocycles. The minimum Gasteiger partial charge on any atom is -0.481 e. The zero-order valence-corrected chi connectivity index (χ0v) is 22.5. The van der Waals surface area contributed by atoms with Crippen LogP contribution in [0, 0.1) is 10.1 Å². The Morgan fingerprint density at radius 3 is 1.71 bits per heavy atom. The van der Waals surface area contributed by atoms with Crippen LogP contribution in [0.2, 0.25) is 0 Å². The predicted molar refractivity (Wildman–Crippen MR) is 139 cm³/mol. The van der Waals surface area contributed by atoms with Crippen molar-refractivity contribution in [2.75, 3.05) is 57.0 Å². The molecule has 0 radical (unpaired) electrons. The summed E-state index contributed by atoms with van der Waals surface area (Å²) in [5, 5.41) is 17.1. The fourth-order valence-electron chi connectivity index (χ4n) is 3.42. The number of hydrogen-bond acceptors (Lipinski definition) is 13.